The lowest BCUT2D eigenvalue weighted by molar-refractivity contribution is 0.0665. The second kappa shape index (κ2) is 7.07. The molecule has 0 bridgehead atoms. The first-order chi connectivity index (χ1) is 11.7. The third-order valence-corrected chi connectivity index (χ3v) is 3.89. The summed E-state index contributed by atoms with van der Waals surface area (Å²) in [6.07, 6.45) is 1.48. The molecule has 9 heteroatoms. The zero-order valence-electron chi connectivity index (χ0n) is 13.4. The van der Waals surface area contributed by atoms with Gasteiger partial charge < -0.3 is 15.1 Å². The van der Waals surface area contributed by atoms with Crippen molar-refractivity contribution in [3.05, 3.63) is 36.2 Å². The average Bonchev–Trinajstić information content (AvgIpc) is 3.16. The number of tetrazole rings is 1. The van der Waals surface area contributed by atoms with Crippen LogP contribution in [-0.2, 0) is 0 Å². The van der Waals surface area contributed by atoms with Gasteiger partial charge in [-0.25, -0.2) is 9.48 Å². The third-order valence-electron chi connectivity index (χ3n) is 3.89. The van der Waals surface area contributed by atoms with Crippen molar-refractivity contribution in [2.24, 2.45) is 0 Å². The number of benzene rings is 1. The van der Waals surface area contributed by atoms with Gasteiger partial charge in [0.2, 0.25) is 0 Å². The minimum atomic E-state index is -0.0784. The number of carbonyl (C=O) groups excluding carboxylic acids is 2. The lowest BCUT2D eigenvalue weighted by Crippen LogP contribution is -2.53. The highest BCUT2D eigenvalue weighted by Crippen LogP contribution is 2.13. The van der Waals surface area contributed by atoms with Gasteiger partial charge in [0.1, 0.15) is 6.33 Å². The maximum absolute atomic E-state index is 12.7. The summed E-state index contributed by atoms with van der Waals surface area (Å²) in [7, 11) is 0. The number of nitrogens with zero attached hydrogens (tertiary/aromatic N) is 6. The number of hydrogen-bond donors (Lipinski definition) is 1. The van der Waals surface area contributed by atoms with Gasteiger partial charge in [-0.1, -0.05) is 6.07 Å². The van der Waals surface area contributed by atoms with E-state index in [1.807, 2.05) is 13.0 Å². The standard InChI is InChI=1S/C15H19N7O2/c1-2-16-15(24)21-8-6-20(7-9-21)14(23)12-4-3-5-13(10-12)22-11-17-18-19-22/h3-5,10-11H,2,6-9H2,1H3,(H,16,24). The first kappa shape index (κ1) is 15.9. The highest BCUT2D eigenvalue weighted by Gasteiger charge is 2.24. The van der Waals surface area contributed by atoms with Crippen LogP contribution in [0.1, 0.15) is 17.3 Å². The number of carbonyl (C=O) groups is 2. The smallest absolute Gasteiger partial charge is 0.317 e. The molecule has 1 fully saturated rings. The van der Waals surface area contributed by atoms with Crippen molar-refractivity contribution in [3.63, 3.8) is 0 Å². The van der Waals surface area contributed by atoms with Crippen LogP contribution in [0.4, 0.5) is 4.79 Å². The van der Waals surface area contributed by atoms with Crippen LogP contribution >= 0.6 is 0 Å². The number of rotatable bonds is 3. The van der Waals surface area contributed by atoms with E-state index in [0.717, 1.165) is 5.69 Å². The predicted molar refractivity (Wildman–Crippen MR) is 85.7 cm³/mol. The zero-order valence-corrected chi connectivity index (χ0v) is 13.4. The number of aromatic nitrogens is 4. The number of urea groups is 1. The van der Waals surface area contributed by atoms with Crippen LogP contribution in [0.15, 0.2) is 30.6 Å². The molecule has 24 heavy (non-hydrogen) atoms. The molecule has 0 unspecified atom stereocenters. The summed E-state index contributed by atoms with van der Waals surface area (Å²) in [5, 5.41) is 13.8. The Morgan fingerprint density at radius 1 is 1.17 bits per heavy atom. The molecule has 1 aromatic carbocycles. The van der Waals surface area contributed by atoms with Crippen molar-refractivity contribution in [1.82, 2.24) is 35.3 Å². The quantitative estimate of drug-likeness (QED) is 0.865. The van der Waals surface area contributed by atoms with Crippen molar-refractivity contribution in [2.75, 3.05) is 32.7 Å². The minimum Gasteiger partial charge on any atom is -0.338 e. The van der Waals surface area contributed by atoms with Gasteiger partial charge in [0.25, 0.3) is 5.91 Å². The predicted octanol–water partition coefficient (Wildman–Crippen LogP) is 0.150. The van der Waals surface area contributed by atoms with E-state index in [2.05, 4.69) is 20.8 Å². The summed E-state index contributed by atoms with van der Waals surface area (Å²) in [4.78, 5) is 28.0. The van der Waals surface area contributed by atoms with Gasteiger partial charge >= 0.3 is 6.03 Å². The summed E-state index contributed by atoms with van der Waals surface area (Å²) >= 11 is 0. The Balaban J connectivity index is 1.66. The maximum atomic E-state index is 12.7. The van der Waals surface area contributed by atoms with Crippen molar-refractivity contribution in [3.8, 4) is 5.69 Å². The van der Waals surface area contributed by atoms with Crippen LogP contribution in [0.2, 0.25) is 0 Å². The Morgan fingerprint density at radius 3 is 2.58 bits per heavy atom. The summed E-state index contributed by atoms with van der Waals surface area (Å²) in [5.74, 6) is -0.0551. The highest BCUT2D eigenvalue weighted by atomic mass is 16.2. The molecule has 0 radical (unpaired) electrons. The average molecular weight is 329 g/mol. The normalized spacial score (nSPS) is 14.5. The van der Waals surface area contributed by atoms with E-state index in [-0.39, 0.29) is 11.9 Å². The van der Waals surface area contributed by atoms with Crippen molar-refractivity contribution in [2.45, 2.75) is 6.92 Å². The first-order valence-corrected chi connectivity index (χ1v) is 7.84. The molecule has 0 saturated carbocycles. The summed E-state index contributed by atoms with van der Waals surface area (Å²) in [5.41, 5.74) is 1.31. The minimum absolute atomic E-state index is 0.0551. The van der Waals surface area contributed by atoms with Gasteiger partial charge in [0.15, 0.2) is 0 Å². The molecule has 0 spiro atoms. The van der Waals surface area contributed by atoms with Crippen molar-refractivity contribution < 1.29 is 9.59 Å². The molecule has 126 valence electrons. The first-order valence-electron chi connectivity index (χ1n) is 7.84. The lowest BCUT2D eigenvalue weighted by Gasteiger charge is -2.34. The Morgan fingerprint density at radius 2 is 1.92 bits per heavy atom. The number of piperazine rings is 1. The molecule has 1 saturated heterocycles. The lowest BCUT2D eigenvalue weighted by atomic mass is 10.1. The van der Waals surface area contributed by atoms with Crippen LogP contribution in [-0.4, -0.2) is 74.7 Å². The molecule has 0 aliphatic carbocycles. The van der Waals surface area contributed by atoms with Gasteiger partial charge in [0, 0.05) is 38.3 Å². The Kier molecular flexibility index (Phi) is 4.69. The second-order valence-electron chi connectivity index (χ2n) is 5.42. The molecule has 3 amide bonds. The molecule has 0 atom stereocenters. The van der Waals surface area contributed by atoms with Gasteiger partial charge in [-0.15, -0.1) is 5.10 Å². The molecule has 9 nitrogen and oxygen atoms in total. The monoisotopic (exact) mass is 329 g/mol. The Hall–Kier alpha value is -2.97. The van der Waals surface area contributed by atoms with E-state index in [9.17, 15) is 9.59 Å². The van der Waals surface area contributed by atoms with E-state index >= 15 is 0 Å². The van der Waals surface area contributed by atoms with Gasteiger partial charge in [-0.3, -0.25) is 4.79 Å². The van der Waals surface area contributed by atoms with Crippen LogP contribution in [0.5, 0.6) is 0 Å². The van der Waals surface area contributed by atoms with E-state index < -0.39 is 0 Å². The fourth-order valence-corrected chi connectivity index (χ4v) is 2.62. The third kappa shape index (κ3) is 3.34. The number of hydrogen-bond acceptors (Lipinski definition) is 5. The van der Waals surface area contributed by atoms with E-state index in [1.54, 1.807) is 28.0 Å². The van der Waals surface area contributed by atoms with Gasteiger partial charge in [-0.2, -0.15) is 0 Å². The SMILES string of the molecule is CCNC(=O)N1CCN(C(=O)c2cccc(-n3cnnn3)c2)CC1. The molecule has 1 aliphatic heterocycles. The molecule has 2 heterocycles. The van der Waals surface area contributed by atoms with E-state index in [4.69, 9.17) is 0 Å². The van der Waals surface area contributed by atoms with Crippen molar-refractivity contribution >= 4 is 11.9 Å². The van der Waals surface area contributed by atoms with Crippen LogP contribution < -0.4 is 5.32 Å². The summed E-state index contributed by atoms with van der Waals surface area (Å²) in [6.45, 7) is 4.59. The summed E-state index contributed by atoms with van der Waals surface area (Å²) in [6, 6.07) is 7.08. The molecule has 1 N–H and O–H groups in total. The van der Waals surface area contributed by atoms with Gasteiger partial charge in [0.05, 0.1) is 5.69 Å². The maximum Gasteiger partial charge on any atom is 0.317 e. The van der Waals surface area contributed by atoms with Crippen LogP contribution in [0, 0.1) is 0 Å². The largest absolute Gasteiger partial charge is 0.338 e. The topological polar surface area (TPSA) is 96.2 Å². The fourth-order valence-electron chi connectivity index (χ4n) is 2.62. The Bertz CT molecular complexity index is 708. The van der Waals surface area contributed by atoms with Crippen LogP contribution in [0.25, 0.3) is 5.69 Å². The molecular weight excluding hydrogens is 310 g/mol. The van der Waals surface area contributed by atoms with E-state index in [0.29, 0.717) is 38.3 Å². The number of amides is 3. The molecule has 1 aromatic heterocycles. The van der Waals surface area contributed by atoms with E-state index in [1.165, 1.54) is 11.0 Å². The van der Waals surface area contributed by atoms with Crippen molar-refractivity contribution in [1.29, 1.82) is 0 Å². The highest BCUT2D eigenvalue weighted by molar-refractivity contribution is 5.95. The number of nitrogens with one attached hydrogen (secondary N) is 1. The molecule has 1 aliphatic rings. The second-order valence-corrected chi connectivity index (χ2v) is 5.42. The summed E-state index contributed by atoms with van der Waals surface area (Å²) < 4.78 is 1.50. The Labute approximate surface area is 139 Å². The molecule has 2 aromatic rings. The molecular formula is C15H19N7O2. The van der Waals surface area contributed by atoms with Crippen LogP contribution in [0.3, 0.4) is 0 Å². The zero-order chi connectivity index (χ0) is 16.9. The van der Waals surface area contributed by atoms with Gasteiger partial charge in [-0.05, 0) is 35.5 Å². The fraction of sp³-hybridized carbons (Fsp3) is 0.400. The molecule has 3 rings (SSSR count).